The van der Waals surface area contributed by atoms with Crippen LogP contribution in [0.25, 0.3) is 6.08 Å². The Balaban J connectivity index is 2.03. The molecule has 0 saturated carbocycles. The van der Waals surface area contributed by atoms with Crippen LogP contribution in [-0.4, -0.2) is 12.9 Å². The van der Waals surface area contributed by atoms with Crippen LogP contribution in [0.5, 0.6) is 5.75 Å². The SMILES string of the molecule is C=C/C(=C\c1ccc(OC)cc1)CSc1ccccc1. The maximum Gasteiger partial charge on any atom is 0.118 e. The van der Waals surface area contributed by atoms with Gasteiger partial charge in [0.05, 0.1) is 7.11 Å². The molecule has 0 saturated heterocycles. The van der Waals surface area contributed by atoms with Crippen LogP contribution in [0.2, 0.25) is 0 Å². The molecule has 0 fully saturated rings. The Hall–Kier alpha value is -1.93. The molecule has 2 aromatic rings. The van der Waals surface area contributed by atoms with E-state index in [2.05, 4.69) is 49.1 Å². The molecule has 0 radical (unpaired) electrons. The van der Waals surface area contributed by atoms with Crippen molar-refractivity contribution in [1.29, 1.82) is 0 Å². The molecular formula is C18H18OS. The van der Waals surface area contributed by atoms with Gasteiger partial charge in [-0.1, -0.05) is 49.1 Å². The number of thioether (sulfide) groups is 1. The third-order valence-corrected chi connectivity index (χ3v) is 3.96. The van der Waals surface area contributed by atoms with Crippen LogP contribution in [0, 0.1) is 0 Å². The van der Waals surface area contributed by atoms with Crippen LogP contribution in [0.1, 0.15) is 5.56 Å². The molecule has 0 aliphatic rings. The first-order chi connectivity index (χ1) is 9.81. The van der Waals surface area contributed by atoms with E-state index in [0.717, 1.165) is 17.1 Å². The van der Waals surface area contributed by atoms with Crippen LogP contribution in [0.4, 0.5) is 0 Å². The van der Waals surface area contributed by atoms with Crippen molar-refractivity contribution < 1.29 is 4.74 Å². The summed E-state index contributed by atoms with van der Waals surface area (Å²) in [6.45, 7) is 3.90. The lowest BCUT2D eigenvalue weighted by Gasteiger charge is -2.04. The van der Waals surface area contributed by atoms with E-state index in [1.807, 2.05) is 36.0 Å². The minimum absolute atomic E-state index is 0.876. The lowest BCUT2D eigenvalue weighted by molar-refractivity contribution is 0.415. The summed E-state index contributed by atoms with van der Waals surface area (Å²) in [5, 5.41) is 0. The Morgan fingerprint density at radius 1 is 1.10 bits per heavy atom. The molecule has 0 unspecified atom stereocenters. The number of rotatable bonds is 6. The first-order valence-corrected chi connectivity index (χ1v) is 7.45. The van der Waals surface area contributed by atoms with E-state index in [1.54, 1.807) is 7.11 Å². The fourth-order valence-electron chi connectivity index (χ4n) is 1.76. The number of hydrogen-bond donors (Lipinski definition) is 0. The predicted octanol–water partition coefficient (Wildman–Crippen LogP) is 5.06. The maximum absolute atomic E-state index is 5.16. The Labute approximate surface area is 125 Å². The maximum atomic E-state index is 5.16. The van der Waals surface area contributed by atoms with Crippen molar-refractivity contribution in [3.05, 3.63) is 78.4 Å². The number of allylic oxidation sites excluding steroid dienone is 1. The quantitative estimate of drug-likeness (QED) is 0.541. The van der Waals surface area contributed by atoms with E-state index in [1.165, 1.54) is 10.5 Å². The largest absolute Gasteiger partial charge is 0.497 e. The molecule has 0 heterocycles. The molecule has 2 heteroatoms. The molecule has 2 rings (SSSR count). The average molecular weight is 282 g/mol. The van der Waals surface area contributed by atoms with E-state index in [-0.39, 0.29) is 0 Å². The van der Waals surface area contributed by atoms with Gasteiger partial charge in [0.25, 0.3) is 0 Å². The Kier molecular flexibility index (Phi) is 5.51. The van der Waals surface area contributed by atoms with Crippen LogP contribution in [-0.2, 0) is 0 Å². The molecule has 0 N–H and O–H groups in total. The molecular weight excluding hydrogens is 264 g/mol. The topological polar surface area (TPSA) is 9.23 Å². The summed E-state index contributed by atoms with van der Waals surface area (Å²) in [5.74, 6) is 1.79. The Morgan fingerprint density at radius 2 is 1.80 bits per heavy atom. The molecule has 0 amide bonds. The zero-order chi connectivity index (χ0) is 14.2. The summed E-state index contributed by atoms with van der Waals surface area (Å²) in [5.41, 5.74) is 2.37. The van der Waals surface area contributed by atoms with Crippen molar-refractivity contribution in [2.75, 3.05) is 12.9 Å². The van der Waals surface area contributed by atoms with E-state index in [0.29, 0.717) is 0 Å². The molecule has 20 heavy (non-hydrogen) atoms. The van der Waals surface area contributed by atoms with Gasteiger partial charge in [-0.15, -0.1) is 11.8 Å². The van der Waals surface area contributed by atoms with Gasteiger partial charge >= 0.3 is 0 Å². The van der Waals surface area contributed by atoms with Gasteiger partial charge in [-0.25, -0.2) is 0 Å². The summed E-state index contributed by atoms with van der Waals surface area (Å²) in [4.78, 5) is 1.27. The minimum Gasteiger partial charge on any atom is -0.497 e. The highest BCUT2D eigenvalue weighted by Gasteiger charge is 1.97. The minimum atomic E-state index is 0.876. The summed E-state index contributed by atoms with van der Waals surface area (Å²) in [6.07, 6.45) is 4.07. The lowest BCUT2D eigenvalue weighted by Crippen LogP contribution is -1.85. The lowest BCUT2D eigenvalue weighted by atomic mass is 10.1. The molecule has 0 aliphatic carbocycles. The second kappa shape index (κ2) is 7.61. The van der Waals surface area contributed by atoms with Gasteiger partial charge < -0.3 is 4.74 Å². The van der Waals surface area contributed by atoms with Gasteiger partial charge in [0.15, 0.2) is 0 Å². The van der Waals surface area contributed by atoms with E-state index < -0.39 is 0 Å². The van der Waals surface area contributed by atoms with Crippen molar-refractivity contribution in [1.82, 2.24) is 0 Å². The first kappa shape index (κ1) is 14.5. The molecule has 1 nitrogen and oxygen atoms in total. The smallest absolute Gasteiger partial charge is 0.118 e. The predicted molar refractivity (Wildman–Crippen MR) is 88.3 cm³/mol. The third-order valence-electron chi connectivity index (χ3n) is 2.88. The van der Waals surface area contributed by atoms with Crippen LogP contribution in [0.15, 0.2) is 77.7 Å². The second-order valence-corrected chi connectivity index (χ2v) is 5.35. The molecule has 0 spiro atoms. The van der Waals surface area contributed by atoms with E-state index >= 15 is 0 Å². The molecule has 0 bridgehead atoms. The van der Waals surface area contributed by atoms with Crippen molar-refractivity contribution in [3.63, 3.8) is 0 Å². The summed E-state index contributed by atoms with van der Waals surface area (Å²) >= 11 is 1.82. The number of methoxy groups -OCH3 is 1. The molecule has 0 atom stereocenters. The van der Waals surface area contributed by atoms with Crippen LogP contribution >= 0.6 is 11.8 Å². The Bertz CT molecular complexity index is 570. The molecule has 2 aromatic carbocycles. The van der Waals surface area contributed by atoms with Crippen molar-refractivity contribution in [3.8, 4) is 5.75 Å². The van der Waals surface area contributed by atoms with E-state index in [4.69, 9.17) is 4.74 Å². The zero-order valence-electron chi connectivity index (χ0n) is 11.6. The number of hydrogen-bond acceptors (Lipinski definition) is 2. The molecule has 0 aliphatic heterocycles. The van der Waals surface area contributed by atoms with Crippen molar-refractivity contribution in [2.24, 2.45) is 0 Å². The van der Waals surface area contributed by atoms with E-state index in [9.17, 15) is 0 Å². The highest BCUT2D eigenvalue weighted by molar-refractivity contribution is 7.99. The first-order valence-electron chi connectivity index (χ1n) is 6.47. The third kappa shape index (κ3) is 4.32. The second-order valence-electron chi connectivity index (χ2n) is 4.30. The summed E-state index contributed by atoms with van der Waals surface area (Å²) in [6, 6.07) is 18.4. The monoisotopic (exact) mass is 282 g/mol. The standard InChI is InChI=1S/C18H18OS/c1-3-15(14-20-18-7-5-4-6-8-18)13-16-9-11-17(19-2)12-10-16/h3-13H,1,14H2,2H3/b15-13+. The van der Waals surface area contributed by atoms with Gasteiger partial charge in [0.2, 0.25) is 0 Å². The molecule has 102 valence electrons. The molecule has 0 aromatic heterocycles. The van der Waals surface area contributed by atoms with Gasteiger partial charge in [0, 0.05) is 10.6 Å². The normalized spacial score (nSPS) is 11.2. The number of ether oxygens (including phenoxy) is 1. The summed E-state index contributed by atoms with van der Waals surface area (Å²) in [7, 11) is 1.68. The zero-order valence-corrected chi connectivity index (χ0v) is 12.4. The van der Waals surface area contributed by atoms with Gasteiger partial charge in [-0.05, 0) is 35.4 Å². The van der Waals surface area contributed by atoms with Gasteiger partial charge in [-0.3, -0.25) is 0 Å². The highest BCUT2D eigenvalue weighted by atomic mass is 32.2. The highest BCUT2D eigenvalue weighted by Crippen LogP contribution is 2.22. The van der Waals surface area contributed by atoms with Crippen LogP contribution in [0.3, 0.4) is 0 Å². The fourth-order valence-corrected chi connectivity index (χ4v) is 2.64. The fraction of sp³-hybridized carbons (Fsp3) is 0.111. The number of benzene rings is 2. The van der Waals surface area contributed by atoms with Crippen molar-refractivity contribution in [2.45, 2.75) is 4.90 Å². The van der Waals surface area contributed by atoms with Crippen LogP contribution < -0.4 is 4.74 Å². The average Bonchev–Trinajstić information content (AvgIpc) is 2.53. The Morgan fingerprint density at radius 3 is 2.40 bits per heavy atom. The van der Waals surface area contributed by atoms with Gasteiger partial charge in [0.1, 0.15) is 5.75 Å². The van der Waals surface area contributed by atoms with Crippen molar-refractivity contribution >= 4 is 17.8 Å². The van der Waals surface area contributed by atoms with Gasteiger partial charge in [-0.2, -0.15) is 0 Å². The summed E-state index contributed by atoms with van der Waals surface area (Å²) < 4.78 is 5.16.